The minimum absolute atomic E-state index is 0.0367. The van der Waals surface area contributed by atoms with Crippen molar-refractivity contribution in [3.8, 4) is 0 Å². The highest BCUT2D eigenvalue weighted by Gasteiger charge is 2.18. The lowest BCUT2D eigenvalue weighted by Gasteiger charge is -2.25. The van der Waals surface area contributed by atoms with Gasteiger partial charge in [-0.3, -0.25) is 4.79 Å². The second kappa shape index (κ2) is 7.34. The molecule has 1 aromatic heterocycles. The van der Waals surface area contributed by atoms with Crippen LogP contribution in [-0.2, 0) is 0 Å². The average Bonchev–Trinajstić information content (AvgIpc) is 2.38. The van der Waals surface area contributed by atoms with E-state index >= 15 is 0 Å². The van der Waals surface area contributed by atoms with E-state index in [1.54, 1.807) is 12.1 Å². The SMILES string of the molecule is CCC(CC)CN(CC)C(=O)c1cc(N)nc(Cl)c1. The third-order valence-corrected chi connectivity index (χ3v) is 3.56. The van der Waals surface area contributed by atoms with Gasteiger partial charge >= 0.3 is 0 Å². The highest BCUT2D eigenvalue weighted by atomic mass is 35.5. The lowest BCUT2D eigenvalue weighted by Crippen LogP contribution is -2.35. The zero-order valence-corrected chi connectivity index (χ0v) is 12.6. The quantitative estimate of drug-likeness (QED) is 0.816. The molecule has 2 N–H and O–H groups in total. The van der Waals surface area contributed by atoms with Crippen LogP contribution in [0.2, 0.25) is 5.15 Å². The molecule has 0 aromatic carbocycles. The summed E-state index contributed by atoms with van der Waals surface area (Å²) in [5.41, 5.74) is 6.13. The van der Waals surface area contributed by atoms with Gasteiger partial charge in [0.2, 0.25) is 0 Å². The predicted molar refractivity (Wildman–Crippen MR) is 79.3 cm³/mol. The summed E-state index contributed by atoms with van der Waals surface area (Å²) in [5.74, 6) is 0.762. The number of nitrogens with two attached hydrogens (primary N) is 1. The van der Waals surface area contributed by atoms with Crippen molar-refractivity contribution >= 4 is 23.3 Å². The number of carbonyl (C=O) groups excluding carboxylic acids is 1. The Morgan fingerprint density at radius 2 is 2.00 bits per heavy atom. The molecule has 0 saturated heterocycles. The Hall–Kier alpha value is -1.29. The first-order chi connectivity index (χ1) is 9.01. The molecule has 0 aliphatic carbocycles. The van der Waals surface area contributed by atoms with E-state index in [-0.39, 0.29) is 16.9 Å². The number of anilines is 1. The van der Waals surface area contributed by atoms with Gasteiger partial charge in [-0.2, -0.15) is 0 Å². The number of pyridine rings is 1. The first-order valence-electron chi connectivity index (χ1n) is 6.74. The van der Waals surface area contributed by atoms with E-state index in [4.69, 9.17) is 17.3 Å². The van der Waals surface area contributed by atoms with Gasteiger partial charge < -0.3 is 10.6 Å². The summed E-state index contributed by atoms with van der Waals surface area (Å²) in [7, 11) is 0. The molecule has 0 atom stereocenters. The van der Waals surface area contributed by atoms with E-state index in [0.29, 0.717) is 18.0 Å². The van der Waals surface area contributed by atoms with Crippen molar-refractivity contribution in [1.29, 1.82) is 0 Å². The maximum Gasteiger partial charge on any atom is 0.254 e. The van der Waals surface area contributed by atoms with E-state index in [9.17, 15) is 4.79 Å². The topological polar surface area (TPSA) is 59.2 Å². The molecule has 4 nitrogen and oxygen atoms in total. The standard InChI is InChI=1S/C14H22ClN3O/c1-4-10(5-2)9-18(6-3)14(19)11-7-12(15)17-13(16)8-11/h7-8,10H,4-6,9H2,1-3H3,(H2,16,17). The minimum Gasteiger partial charge on any atom is -0.384 e. The molecule has 0 aliphatic rings. The van der Waals surface area contributed by atoms with E-state index in [2.05, 4.69) is 18.8 Å². The smallest absolute Gasteiger partial charge is 0.254 e. The van der Waals surface area contributed by atoms with Gasteiger partial charge in [0.05, 0.1) is 0 Å². The van der Waals surface area contributed by atoms with Crippen molar-refractivity contribution in [2.24, 2.45) is 5.92 Å². The van der Waals surface area contributed by atoms with Gasteiger partial charge in [0.15, 0.2) is 0 Å². The summed E-state index contributed by atoms with van der Waals surface area (Å²) >= 11 is 5.84. The molecule has 106 valence electrons. The molecule has 19 heavy (non-hydrogen) atoms. The first kappa shape index (κ1) is 15.8. The lowest BCUT2D eigenvalue weighted by molar-refractivity contribution is 0.0735. The molecule has 0 fully saturated rings. The van der Waals surface area contributed by atoms with Crippen molar-refractivity contribution in [1.82, 2.24) is 9.88 Å². The normalized spacial score (nSPS) is 10.8. The molecule has 1 heterocycles. The van der Waals surface area contributed by atoms with Crippen LogP contribution in [0, 0.1) is 5.92 Å². The Balaban J connectivity index is 2.88. The fourth-order valence-electron chi connectivity index (χ4n) is 2.04. The van der Waals surface area contributed by atoms with E-state index in [1.165, 1.54) is 0 Å². The first-order valence-corrected chi connectivity index (χ1v) is 7.11. The minimum atomic E-state index is -0.0367. The molecular formula is C14H22ClN3O. The van der Waals surface area contributed by atoms with E-state index in [1.807, 2.05) is 11.8 Å². The summed E-state index contributed by atoms with van der Waals surface area (Å²) < 4.78 is 0. The second-order valence-electron chi connectivity index (χ2n) is 4.63. The van der Waals surface area contributed by atoms with Crippen LogP contribution >= 0.6 is 11.6 Å². The number of rotatable bonds is 6. The van der Waals surface area contributed by atoms with Crippen LogP contribution in [0.1, 0.15) is 44.0 Å². The average molecular weight is 284 g/mol. The zero-order chi connectivity index (χ0) is 14.4. The molecule has 0 bridgehead atoms. The van der Waals surface area contributed by atoms with Crippen molar-refractivity contribution in [2.75, 3.05) is 18.8 Å². The van der Waals surface area contributed by atoms with Crippen molar-refractivity contribution in [3.05, 3.63) is 22.8 Å². The van der Waals surface area contributed by atoms with E-state index < -0.39 is 0 Å². The monoisotopic (exact) mass is 283 g/mol. The largest absolute Gasteiger partial charge is 0.384 e. The maximum atomic E-state index is 12.4. The summed E-state index contributed by atoms with van der Waals surface area (Å²) in [6.07, 6.45) is 2.14. The molecule has 1 amide bonds. The number of hydrogen-bond acceptors (Lipinski definition) is 3. The highest BCUT2D eigenvalue weighted by molar-refractivity contribution is 6.29. The van der Waals surface area contributed by atoms with Crippen LogP contribution in [0.25, 0.3) is 0 Å². The molecule has 0 aliphatic heterocycles. The van der Waals surface area contributed by atoms with Crippen LogP contribution in [-0.4, -0.2) is 28.9 Å². The Kier molecular flexibility index (Phi) is 6.09. The number of hydrogen-bond donors (Lipinski definition) is 1. The van der Waals surface area contributed by atoms with Crippen LogP contribution in [0.15, 0.2) is 12.1 Å². The molecule has 5 heteroatoms. The summed E-state index contributed by atoms with van der Waals surface area (Å²) in [5, 5.41) is 0.252. The predicted octanol–water partition coefficient (Wildman–Crippen LogP) is 3.22. The molecule has 0 saturated carbocycles. The molecule has 0 spiro atoms. The van der Waals surface area contributed by atoms with Crippen LogP contribution in [0.3, 0.4) is 0 Å². The van der Waals surface area contributed by atoms with Crippen LogP contribution in [0.4, 0.5) is 5.82 Å². The lowest BCUT2D eigenvalue weighted by atomic mass is 10.0. The molecule has 1 rings (SSSR count). The molecular weight excluding hydrogens is 262 g/mol. The van der Waals surface area contributed by atoms with Crippen molar-refractivity contribution < 1.29 is 4.79 Å². The number of nitrogens with zero attached hydrogens (tertiary/aromatic N) is 2. The Morgan fingerprint density at radius 3 is 2.47 bits per heavy atom. The zero-order valence-electron chi connectivity index (χ0n) is 11.8. The van der Waals surface area contributed by atoms with Gasteiger partial charge in [0, 0.05) is 18.7 Å². The van der Waals surface area contributed by atoms with E-state index in [0.717, 1.165) is 19.4 Å². The Bertz CT molecular complexity index is 412. The fraction of sp³-hybridized carbons (Fsp3) is 0.571. The number of halogens is 1. The number of aromatic nitrogens is 1. The molecule has 0 unspecified atom stereocenters. The highest BCUT2D eigenvalue weighted by Crippen LogP contribution is 2.16. The fourth-order valence-corrected chi connectivity index (χ4v) is 2.25. The van der Waals surface area contributed by atoms with Gasteiger partial charge in [0.1, 0.15) is 11.0 Å². The molecule has 1 aromatic rings. The Morgan fingerprint density at radius 1 is 1.37 bits per heavy atom. The third kappa shape index (κ3) is 4.39. The third-order valence-electron chi connectivity index (χ3n) is 3.36. The summed E-state index contributed by atoms with van der Waals surface area (Å²) in [6, 6.07) is 3.14. The summed E-state index contributed by atoms with van der Waals surface area (Å²) in [6.45, 7) is 7.71. The van der Waals surface area contributed by atoms with Crippen LogP contribution in [0.5, 0.6) is 0 Å². The van der Waals surface area contributed by atoms with Gasteiger partial charge in [-0.15, -0.1) is 0 Å². The summed E-state index contributed by atoms with van der Waals surface area (Å²) in [4.78, 5) is 18.1. The van der Waals surface area contributed by atoms with Gasteiger partial charge in [-0.05, 0) is 25.0 Å². The van der Waals surface area contributed by atoms with Crippen molar-refractivity contribution in [3.63, 3.8) is 0 Å². The van der Waals surface area contributed by atoms with Gasteiger partial charge in [-0.1, -0.05) is 38.3 Å². The van der Waals surface area contributed by atoms with Gasteiger partial charge in [0.25, 0.3) is 5.91 Å². The van der Waals surface area contributed by atoms with Gasteiger partial charge in [-0.25, -0.2) is 4.98 Å². The Labute approximate surface area is 120 Å². The number of nitrogen functional groups attached to an aromatic ring is 1. The van der Waals surface area contributed by atoms with Crippen LogP contribution < -0.4 is 5.73 Å². The maximum absolute atomic E-state index is 12.4. The second-order valence-corrected chi connectivity index (χ2v) is 5.02. The number of amides is 1. The molecule has 0 radical (unpaired) electrons. The number of carbonyl (C=O) groups is 1. The van der Waals surface area contributed by atoms with Crippen molar-refractivity contribution in [2.45, 2.75) is 33.6 Å².